The average molecular weight is 327 g/mol. The van der Waals surface area contributed by atoms with Crippen LogP contribution >= 0.6 is 0 Å². The molecule has 1 atom stereocenters. The van der Waals surface area contributed by atoms with Gasteiger partial charge < -0.3 is 20.7 Å². The van der Waals surface area contributed by atoms with Crippen molar-refractivity contribution in [2.45, 2.75) is 19.9 Å². The first-order valence-corrected chi connectivity index (χ1v) is 7.57. The summed E-state index contributed by atoms with van der Waals surface area (Å²) in [6.07, 6.45) is 0. The number of methoxy groups -OCH3 is 1. The Bertz CT molecular complexity index is 731. The molecule has 0 unspecified atom stereocenters. The highest BCUT2D eigenvalue weighted by molar-refractivity contribution is 5.97. The summed E-state index contributed by atoms with van der Waals surface area (Å²) >= 11 is 0. The molecular weight excluding hydrogens is 306 g/mol. The second-order valence-corrected chi connectivity index (χ2v) is 5.32. The molecule has 2 aromatic carbocycles. The molecule has 0 fully saturated rings. The van der Waals surface area contributed by atoms with Gasteiger partial charge in [0.2, 0.25) is 11.8 Å². The minimum Gasteiger partial charge on any atom is -0.495 e. The first-order chi connectivity index (χ1) is 11.5. The van der Waals surface area contributed by atoms with Gasteiger partial charge in [-0.3, -0.25) is 9.59 Å². The van der Waals surface area contributed by atoms with E-state index in [0.29, 0.717) is 17.1 Å². The van der Waals surface area contributed by atoms with Crippen molar-refractivity contribution in [2.75, 3.05) is 23.1 Å². The number of hydrogen-bond acceptors (Lipinski definition) is 4. The van der Waals surface area contributed by atoms with E-state index in [1.54, 1.807) is 44.4 Å². The van der Waals surface area contributed by atoms with Crippen molar-refractivity contribution < 1.29 is 14.3 Å². The lowest BCUT2D eigenvalue weighted by atomic mass is 10.2. The van der Waals surface area contributed by atoms with Crippen LogP contribution in [0.25, 0.3) is 0 Å². The van der Waals surface area contributed by atoms with E-state index in [2.05, 4.69) is 16.0 Å². The molecule has 2 aromatic rings. The fraction of sp³-hybridized carbons (Fsp3) is 0.222. The van der Waals surface area contributed by atoms with E-state index >= 15 is 0 Å². The zero-order valence-corrected chi connectivity index (χ0v) is 13.9. The molecular formula is C18H21N3O3. The minimum absolute atomic E-state index is 0.144. The molecule has 0 aliphatic rings. The first kappa shape index (κ1) is 17.3. The zero-order chi connectivity index (χ0) is 17.5. The number of anilines is 3. The highest BCUT2D eigenvalue weighted by Crippen LogP contribution is 2.23. The van der Waals surface area contributed by atoms with Crippen LogP contribution < -0.4 is 20.7 Å². The van der Waals surface area contributed by atoms with E-state index < -0.39 is 6.04 Å². The molecule has 0 bridgehead atoms. The van der Waals surface area contributed by atoms with Crippen molar-refractivity contribution in [1.82, 2.24) is 0 Å². The smallest absolute Gasteiger partial charge is 0.246 e. The van der Waals surface area contributed by atoms with Crippen molar-refractivity contribution in [3.63, 3.8) is 0 Å². The second kappa shape index (κ2) is 8.01. The van der Waals surface area contributed by atoms with Crippen molar-refractivity contribution >= 4 is 28.9 Å². The lowest BCUT2D eigenvalue weighted by Crippen LogP contribution is -2.32. The van der Waals surface area contributed by atoms with Crippen LogP contribution in [0.4, 0.5) is 17.1 Å². The molecule has 24 heavy (non-hydrogen) atoms. The molecule has 6 heteroatoms. The van der Waals surface area contributed by atoms with Gasteiger partial charge in [-0.25, -0.2) is 0 Å². The predicted octanol–water partition coefficient (Wildman–Crippen LogP) is 3.09. The molecule has 0 aliphatic heterocycles. The summed E-state index contributed by atoms with van der Waals surface area (Å²) in [5.74, 6) is 0.268. The highest BCUT2D eigenvalue weighted by Gasteiger charge is 2.14. The second-order valence-electron chi connectivity index (χ2n) is 5.32. The summed E-state index contributed by atoms with van der Waals surface area (Å²) in [6.45, 7) is 3.21. The summed E-state index contributed by atoms with van der Waals surface area (Å²) in [4.78, 5) is 23.5. The van der Waals surface area contributed by atoms with Crippen LogP contribution in [0.2, 0.25) is 0 Å². The monoisotopic (exact) mass is 327 g/mol. The molecule has 0 heterocycles. The summed E-state index contributed by atoms with van der Waals surface area (Å²) in [7, 11) is 1.56. The number of amides is 2. The number of nitrogens with one attached hydrogen (secondary N) is 3. The summed E-state index contributed by atoms with van der Waals surface area (Å²) in [5.41, 5.74) is 2.03. The van der Waals surface area contributed by atoms with Crippen LogP contribution in [0.1, 0.15) is 13.8 Å². The van der Waals surface area contributed by atoms with Crippen molar-refractivity contribution in [2.24, 2.45) is 0 Å². The zero-order valence-electron chi connectivity index (χ0n) is 13.9. The van der Waals surface area contributed by atoms with Gasteiger partial charge in [0, 0.05) is 18.3 Å². The van der Waals surface area contributed by atoms with Crippen molar-refractivity contribution in [3.05, 3.63) is 48.5 Å². The molecule has 0 aliphatic carbocycles. The third kappa shape index (κ3) is 4.74. The van der Waals surface area contributed by atoms with E-state index in [1.807, 2.05) is 18.2 Å². The van der Waals surface area contributed by atoms with E-state index in [1.165, 1.54) is 6.92 Å². The normalized spacial score (nSPS) is 11.3. The number of benzene rings is 2. The molecule has 0 saturated heterocycles. The van der Waals surface area contributed by atoms with Gasteiger partial charge in [0.15, 0.2) is 0 Å². The Morgan fingerprint density at radius 2 is 1.71 bits per heavy atom. The Balaban J connectivity index is 2.02. The lowest BCUT2D eigenvalue weighted by molar-refractivity contribution is -0.116. The molecule has 126 valence electrons. The summed E-state index contributed by atoms with van der Waals surface area (Å²) < 4.78 is 5.22. The number of ether oxygens (including phenoxy) is 1. The molecule has 6 nitrogen and oxygen atoms in total. The fourth-order valence-corrected chi connectivity index (χ4v) is 2.19. The van der Waals surface area contributed by atoms with Crippen LogP contribution in [0.15, 0.2) is 48.5 Å². The third-order valence-electron chi connectivity index (χ3n) is 3.32. The number of hydrogen-bond donors (Lipinski definition) is 3. The van der Waals surface area contributed by atoms with Gasteiger partial charge in [0.1, 0.15) is 11.8 Å². The molecule has 2 rings (SSSR count). The standard InChI is InChI=1S/C18H21N3O3/c1-12(18(23)21-16-9-4-5-10-17(16)24-3)19-14-7-6-8-15(11-14)20-13(2)22/h4-12,19H,1-3H3,(H,20,22)(H,21,23)/t12-/m1/s1. The lowest BCUT2D eigenvalue weighted by Gasteiger charge is -2.17. The summed E-state index contributed by atoms with van der Waals surface area (Å²) in [6, 6.07) is 13.9. The number of para-hydroxylation sites is 2. The van der Waals surface area contributed by atoms with Crippen LogP contribution in [0, 0.1) is 0 Å². The average Bonchev–Trinajstić information content (AvgIpc) is 2.55. The van der Waals surface area contributed by atoms with Gasteiger partial charge in [-0.15, -0.1) is 0 Å². The van der Waals surface area contributed by atoms with Gasteiger partial charge in [-0.2, -0.15) is 0 Å². The Hall–Kier alpha value is -3.02. The summed E-state index contributed by atoms with van der Waals surface area (Å²) in [5, 5.41) is 8.65. The molecule has 2 amide bonds. The molecule has 0 aromatic heterocycles. The first-order valence-electron chi connectivity index (χ1n) is 7.57. The number of rotatable bonds is 6. The number of carbonyl (C=O) groups is 2. The Morgan fingerprint density at radius 1 is 1.00 bits per heavy atom. The molecule has 0 radical (unpaired) electrons. The molecule has 0 saturated carbocycles. The molecule has 3 N–H and O–H groups in total. The highest BCUT2D eigenvalue weighted by atomic mass is 16.5. The van der Waals surface area contributed by atoms with E-state index in [0.717, 1.165) is 5.69 Å². The van der Waals surface area contributed by atoms with Crippen LogP contribution in [-0.4, -0.2) is 25.0 Å². The quantitative estimate of drug-likeness (QED) is 0.762. The topological polar surface area (TPSA) is 79.5 Å². The Labute approximate surface area is 141 Å². The van der Waals surface area contributed by atoms with Crippen LogP contribution in [0.5, 0.6) is 5.75 Å². The fourth-order valence-electron chi connectivity index (χ4n) is 2.19. The van der Waals surface area contributed by atoms with Crippen molar-refractivity contribution in [1.29, 1.82) is 0 Å². The van der Waals surface area contributed by atoms with E-state index in [9.17, 15) is 9.59 Å². The SMILES string of the molecule is COc1ccccc1NC(=O)[C@@H](C)Nc1cccc(NC(C)=O)c1. The third-order valence-corrected chi connectivity index (χ3v) is 3.32. The maximum Gasteiger partial charge on any atom is 0.246 e. The van der Waals surface area contributed by atoms with Crippen LogP contribution in [0.3, 0.4) is 0 Å². The van der Waals surface area contributed by atoms with E-state index in [-0.39, 0.29) is 11.8 Å². The van der Waals surface area contributed by atoms with Crippen LogP contribution in [-0.2, 0) is 9.59 Å². The maximum atomic E-state index is 12.3. The molecule has 0 spiro atoms. The van der Waals surface area contributed by atoms with Gasteiger partial charge in [-0.05, 0) is 37.3 Å². The van der Waals surface area contributed by atoms with Gasteiger partial charge in [-0.1, -0.05) is 18.2 Å². The largest absolute Gasteiger partial charge is 0.495 e. The Morgan fingerprint density at radius 3 is 2.42 bits per heavy atom. The Kier molecular flexibility index (Phi) is 5.78. The van der Waals surface area contributed by atoms with Gasteiger partial charge in [0.05, 0.1) is 12.8 Å². The van der Waals surface area contributed by atoms with Gasteiger partial charge in [0.25, 0.3) is 0 Å². The predicted molar refractivity (Wildman–Crippen MR) is 95.5 cm³/mol. The minimum atomic E-state index is -0.470. The van der Waals surface area contributed by atoms with Crippen molar-refractivity contribution in [3.8, 4) is 5.75 Å². The number of carbonyl (C=O) groups excluding carboxylic acids is 2. The maximum absolute atomic E-state index is 12.3. The van der Waals surface area contributed by atoms with Gasteiger partial charge >= 0.3 is 0 Å². The van der Waals surface area contributed by atoms with E-state index in [4.69, 9.17) is 4.74 Å².